The molecule has 0 unspecified atom stereocenters. The lowest BCUT2D eigenvalue weighted by molar-refractivity contribution is -0.143. The predicted molar refractivity (Wildman–Crippen MR) is 84.0 cm³/mol. The van der Waals surface area contributed by atoms with Crippen LogP contribution in [0.2, 0.25) is 0 Å². The van der Waals surface area contributed by atoms with Crippen LogP contribution in [0.4, 0.5) is 0 Å². The van der Waals surface area contributed by atoms with Crippen LogP contribution in [0, 0.1) is 5.92 Å². The minimum Gasteiger partial charge on any atom is -0.496 e. The molecule has 2 aliphatic heterocycles. The number of likely N-dealkylation sites (tertiary alicyclic amines) is 1. The van der Waals surface area contributed by atoms with E-state index < -0.39 is 6.10 Å². The summed E-state index contributed by atoms with van der Waals surface area (Å²) in [5.41, 5.74) is 1.67. The molecule has 0 radical (unpaired) electrons. The highest BCUT2D eigenvalue weighted by molar-refractivity contribution is 6.05. The Hall–Kier alpha value is -2.04. The molecule has 2 heterocycles. The quantitative estimate of drug-likeness (QED) is 0.862. The number of hydrogen-bond acceptors (Lipinski definition) is 4. The van der Waals surface area contributed by atoms with Crippen molar-refractivity contribution in [2.75, 3.05) is 20.2 Å². The Morgan fingerprint density at radius 2 is 2.05 bits per heavy atom. The van der Waals surface area contributed by atoms with Crippen molar-refractivity contribution >= 4 is 11.6 Å². The third kappa shape index (κ3) is 2.93. The fourth-order valence-electron chi connectivity index (χ4n) is 2.98. The first kappa shape index (κ1) is 14.9. The second kappa shape index (κ2) is 6.38. The van der Waals surface area contributed by atoms with Gasteiger partial charge in [-0.25, -0.2) is 0 Å². The smallest absolute Gasteiger partial charge is 0.266 e. The van der Waals surface area contributed by atoms with Crippen LogP contribution in [-0.2, 0) is 9.63 Å². The van der Waals surface area contributed by atoms with E-state index in [4.69, 9.17) is 9.57 Å². The van der Waals surface area contributed by atoms with Crippen LogP contribution in [0.15, 0.2) is 29.4 Å². The number of rotatable bonds is 3. The first-order valence-corrected chi connectivity index (χ1v) is 7.84. The van der Waals surface area contributed by atoms with E-state index >= 15 is 0 Å². The molecule has 0 spiro atoms. The number of ether oxygens (including phenoxy) is 1. The van der Waals surface area contributed by atoms with E-state index in [1.807, 2.05) is 29.2 Å². The Labute approximate surface area is 130 Å². The van der Waals surface area contributed by atoms with E-state index in [9.17, 15) is 4.79 Å². The zero-order valence-corrected chi connectivity index (χ0v) is 13.1. The van der Waals surface area contributed by atoms with Crippen LogP contribution in [0.1, 0.15) is 31.7 Å². The molecule has 1 aromatic rings. The summed E-state index contributed by atoms with van der Waals surface area (Å²) in [7, 11) is 1.63. The van der Waals surface area contributed by atoms with E-state index in [1.54, 1.807) is 7.11 Å². The van der Waals surface area contributed by atoms with Crippen LogP contribution in [0.5, 0.6) is 5.75 Å². The van der Waals surface area contributed by atoms with Gasteiger partial charge in [0.25, 0.3) is 5.91 Å². The standard InChI is InChI=1S/C17H22N2O3/c1-12-7-9-19(10-8-12)17(20)16-11-14(18-22-16)13-5-3-4-6-15(13)21-2/h3-6,12,16H,7-11H2,1-2H3/t16-/m1/s1. The SMILES string of the molecule is COc1ccccc1C1=NO[C@@H](C(=O)N2CCC(C)CC2)C1. The van der Waals surface area contributed by atoms with Gasteiger partial charge in [-0.05, 0) is 30.9 Å². The Kier molecular flexibility index (Phi) is 4.32. The second-order valence-electron chi connectivity index (χ2n) is 6.04. The summed E-state index contributed by atoms with van der Waals surface area (Å²) < 4.78 is 5.35. The number of oxime groups is 1. The van der Waals surface area contributed by atoms with Crippen molar-refractivity contribution in [3.63, 3.8) is 0 Å². The highest BCUT2D eigenvalue weighted by Crippen LogP contribution is 2.26. The van der Waals surface area contributed by atoms with Gasteiger partial charge in [-0.15, -0.1) is 0 Å². The molecule has 1 saturated heterocycles. The molecule has 5 nitrogen and oxygen atoms in total. The minimum absolute atomic E-state index is 0.0561. The Morgan fingerprint density at radius 1 is 1.32 bits per heavy atom. The average molecular weight is 302 g/mol. The van der Waals surface area contributed by atoms with Gasteiger partial charge in [0.15, 0.2) is 0 Å². The Bertz CT molecular complexity index is 577. The molecule has 22 heavy (non-hydrogen) atoms. The Balaban J connectivity index is 1.65. The predicted octanol–water partition coefficient (Wildman–Crippen LogP) is 2.45. The molecule has 2 aliphatic rings. The number of nitrogens with zero attached hydrogens (tertiary/aromatic N) is 2. The first-order chi connectivity index (χ1) is 10.7. The van der Waals surface area contributed by atoms with Crippen molar-refractivity contribution in [2.24, 2.45) is 11.1 Å². The number of carbonyl (C=O) groups excluding carboxylic acids is 1. The van der Waals surface area contributed by atoms with Crippen LogP contribution >= 0.6 is 0 Å². The zero-order valence-electron chi connectivity index (χ0n) is 13.1. The zero-order chi connectivity index (χ0) is 15.5. The lowest BCUT2D eigenvalue weighted by Gasteiger charge is -2.31. The van der Waals surface area contributed by atoms with Gasteiger partial charge in [-0.1, -0.05) is 24.2 Å². The fourth-order valence-corrected chi connectivity index (χ4v) is 2.98. The van der Waals surface area contributed by atoms with Gasteiger partial charge in [0.05, 0.1) is 12.8 Å². The molecule has 0 aromatic heterocycles. The largest absolute Gasteiger partial charge is 0.496 e. The maximum absolute atomic E-state index is 12.5. The average Bonchev–Trinajstić information content (AvgIpc) is 3.04. The summed E-state index contributed by atoms with van der Waals surface area (Å²) in [5.74, 6) is 1.51. The lowest BCUT2D eigenvalue weighted by Crippen LogP contribution is -2.43. The lowest BCUT2D eigenvalue weighted by atomic mass is 9.98. The molecule has 1 amide bonds. The first-order valence-electron chi connectivity index (χ1n) is 7.84. The van der Waals surface area contributed by atoms with Gasteiger partial charge < -0.3 is 14.5 Å². The number of methoxy groups -OCH3 is 1. The summed E-state index contributed by atoms with van der Waals surface area (Å²) in [6.45, 7) is 3.88. The van der Waals surface area contributed by atoms with Crippen LogP contribution in [0.25, 0.3) is 0 Å². The van der Waals surface area contributed by atoms with Crippen LogP contribution in [-0.4, -0.2) is 42.8 Å². The van der Waals surface area contributed by atoms with Gasteiger partial charge in [0.2, 0.25) is 6.10 Å². The third-order valence-electron chi connectivity index (χ3n) is 4.46. The molecule has 0 N–H and O–H groups in total. The molecule has 0 bridgehead atoms. The molecule has 5 heteroatoms. The van der Waals surface area contributed by atoms with Crippen molar-refractivity contribution in [3.8, 4) is 5.75 Å². The van der Waals surface area contributed by atoms with Gasteiger partial charge in [0, 0.05) is 25.1 Å². The van der Waals surface area contributed by atoms with E-state index in [2.05, 4.69) is 12.1 Å². The van der Waals surface area contributed by atoms with E-state index in [0.717, 1.165) is 43.0 Å². The number of para-hydroxylation sites is 1. The molecule has 1 fully saturated rings. The van der Waals surface area contributed by atoms with Crippen molar-refractivity contribution in [1.82, 2.24) is 4.90 Å². The van der Waals surface area contributed by atoms with Crippen LogP contribution < -0.4 is 4.74 Å². The number of carbonyl (C=O) groups is 1. The number of hydrogen-bond donors (Lipinski definition) is 0. The van der Waals surface area contributed by atoms with Crippen molar-refractivity contribution in [1.29, 1.82) is 0 Å². The summed E-state index contributed by atoms with van der Waals surface area (Å²) in [6, 6.07) is 7.67. The third-order valence-corrected chi connectivity index (χ3v) is 4.46. The maximum Gasteiger partial charge on any atom is 0.266 e. The highest BCUT2D eigenvalue weighted by atomic mass is 16.6. The topological polar surface area (TPSA) is 51.1 Å². The molecule has 1 atom stereocenters. The molecule has 3 rings (SSSR count). The number of benzene rings is 1. The van der Waals surface area contributed by atoms with Crippen LogP contribution in [0.3, 0.4) is 0 Å². The van der Waals surface area contributed by atoms with Gasteiger partial charge >= 0.3 is 0 Å². The fraction of sp³-hybridized carbons (Fsp3) is 0.529. The summed E-state index contributed by atoms with van der Waals surface area (Å²) in [4.78, 5) is 19.8. The molecular formula is C17H22N2O3. The van der Waals surface area contributed by atoms with Gasteiger partial charge in [0.1, 0.15) is 5.75 Å². The van der Waals surface area contributed by atoms with Gasteiger partial charge in [-0.2, -0.15) is 0 Å². The van der Waals surface area contributed by atoms with E-state index in [0.29, 0.717) is 12.3 Å². The van der Waals surface area contributed by atoms with E-state index in [-0.39, 0.29) is 5.91 Å². The molecular weight excluding hydrogens is 280 g/mol. The van der Waals surface area contributed by atoms with E-state index in [1.165, 1.54) is 0 Å². The van der Waals surface area contributed by atoms with Crippen molar-refractivity contribution in [3.05, 3.63) is 29.8 Å². The second-order valence-corrected chi connectivity index (χ2v) is 6.04. The number of piperidine rings is 1. The Morgan fingerprint density at radius 3 is 2.77 bits per heavy atom. The summed E-state index contributed by atoms with van der Waals surface area (Å²) in [5, 5.41) is 4.12. The van der Waals surface area contributed by atoms with Crippen molar-refractivity contribution < 1.29 is 14.4 Å². The van der Waals surface area contributed by atoms with Crippen molar-refractivity contribution in [2.45, 2.75) is 32.3 Å². The summed E-state index contributed by atoms with van der Waals surface area (Å²) >= 11 is 0. The molecule has 1 aromatic carbocycles. The highest BCUT2D eigenvalue weighted by Gasteiger charge is 2.34. The molecule has 118 valence electrons. The molecule has 0 saturated carbocycles. The minimum atomic E-state index is -0.492. The molecule has 0 aliphatic carbocycles. The maximum atomic E-state index is 12.5. The summed E-state index contributed by atoms with van der Waals surface area (Å²) in [6.07, 6.45) is 2.15. The normalized spacial score (nSPS) is 22.2. The van der Waals surface area contributed by atoms with Gasteiger partial charge in [-0.3, -0.25) is 4.79 Å². The monoisotopic (exact) mass is 302 g/mol. The number of amides is 1.